The number of benzene rings is 3. The second-order valence-corrected chi connectivity index (χ2v) is 7.55. The van der Waals surface area contributed by atoms with Gasteiger partial charge in [-0.2, -0.15) is 0 Å². The van der Waals surface area contributed by atoms with Gasteiger partial charge in [0.05, 0.1) is 23.7 Å². The van der Waals surface area contributed by atoms with E-state index in [0.717, 1.165) is 23.5 Å². The molecule has 0 bridgehead atoms. The van der Waals surface area contributed by atoms with Crippen LogP contribution in [0.4, 0.5) is 0 Å². The molecule has 5 rings (SSSR count). The van der Waals surface area contributed by atoms with Gasteiger partial charge in [0.25, 0.3) is 5.56 Å². The van der Waals surface area contributed by atoms with Gasteiger partial charge in [-0.05, 0) is 61.5 Å². The first-order valence-electron chi connectivity index (χ1n) is 10.6. The normalized spacial score (nSPS) is 11.6. The highest BCUT2D eigenvalue weighted by Crippen LogP contribution is 2.24. The molecule has 0 unspecified atom stereocenters. The van der Waals surface area contributed by atoms with Crippen LogP contribution in [0.25, 0.3) is 39.6 Å². The maximum absolute atomic E-state index is 13.4. The summed E-state index contributed by atoms with van der Waals surface area (Å²) < 4.78 is 9.15. The lowest BCUT2D eigenvalue weighted by Gasteiger charge is -2.12. The predicted molar refractivity (Wildman–Crippen MR) is 130 cm³/mol. The average Bonchev–Trinajstić information content (AvgIpc) is 3.21. The molecule has 0 radical (unpaired) electrons. The first-order chi connectivity index (χ1) is 15.7. The predicted octanol–water partition coefficient (Wildman–Crippen LogP) is 5.54. The van der Waals surface area contributed by atoms with Gasteiger partial charge in [0, 0.05) is 29.2 Å². The van der Waals surface area contributed by atoms with Crippen molar-refractivity contribution in [3.05, 3.63) is 101 Å². The molecule has 32 heavy (non-hydrogen) atoms. The highest BCUT2D eigenvalue weighted by Gasteiger charge is 2.12. The van der Waals surface area contributed by atoms with E-state index in [-0.39, 0.29) is 5.56 Å². The fraction of sp³-hybridized carbons (Fsp3) is 0.111. The first kappa shape index (κ1) is 19.8. The smallest absolute Gasteiger partial charge is 0.266 e. The Balaban J connectivity index is 1.70. The number of hydrogen-bond donors (Lipinski definition) is 0. The summed E-state index contributed by atoms with van der Waals surface area (Å²) in [6.07, 6.45) is 6.09. The molecule has 5 aromatic rings. The van der Waals surface area contributed by atoms with E-state index in [1.807, 2.05) is 72.8 Å². The van der Waals surface area contributed by atoms with Crippen molar-refractivity contribution in [3.8, 4) is 11.4 Å². The van der Waals surface area contributed by atoms with Gasteiger partial charge in [-0.25, -0.2) is 4.98 Å². The highest BCUT2D eigenvalue weighted by molar-refractivity contribution is 5.92. The molecule has 0 saturated heterocycles. The summed E-state index contributed by atoms with van der Waals surface area (Å²) in [4.78, 5) is 18.2. The molecule has 0 aliphatic heterocycles. The molecule has 0 fully saturated rings. The molecule has 0 amide bonds. The fourth-order valence-corrected chi connectivity index (χ4v) is 4.08. The maximum Gasteiger partial charge on any atom is 0.266 e. The number of ether oxygens (including phenoxy) is 1. The molecule has 5 heteroatoms. The van der Waals surface area contributed by atoms with Crippen molar-refractivity contribution in [3.63, 3.8) is 0 Å². The van der Waals surface area contributed by atoms with Crippen LogP contribution in [0.1, 0.15) is 18.3 Å². The quantitative estimate of drug-likeness (QED) is 0.374. The highest BCUT2D eigenvalue weighted by atomic mass is 16.5. The summed E-state index contributed by atoms with van der Waals surface area (Å²) in [5.41, 5.74) is 3.60. The topological polar surface area (TPSA) is 49.0 Å². The molecule has 2 heterocycles. The Morgan fingerprint density at radius 2 is 1.62 bits per heavy atom. The van der Waals surface area contributed by atoms with Crippen LogP contribution in [-0.4, -0.2) is 21.2 Å². The molecule has 0 N–H and O–H groups in total. The minimum absolute atomic E-state index is 0.101. The van der Waals surface area contributed by atoms with E-state index in [1.165, 1.54) is 10.9 Å². The molecular weight excluding hydrogens is 398 g/mol. The van der Waals surface area contributed by atoms with Gasteiger partial charge >= 0.3 is 0 Å². The number of rotatable bonds is 5. The van der Waals surface area contributed by atoms with Crippen molar-refractivity contribution in [1.82, 2.24) is 14.1 Å². The number of methoxy groups -OCH3 is 1. The van der Waals surface area contributed by atoms with Gasteiger partial charge in [-0.1, -0.05) is 30.3 Å². The van der Waals surface area contributed by atoms with E-state index in [4.69, 9.17) is 9.72 Å². The van der Waals surface area contributed by atoms with E-state index < -0.39 is 0 Å². The molecule has 0 spiro atoms. The zero-order valence-electron chi connectivity index (χ0n) is 18.0. The second-order valence-electron chi connectivity index (χ2n) is 7.55. The number of aromatic nitrogens is 3. The van der Waals surface area contributed by atoms with Crippen LogP contribution in [0.5, 0.6) is 5.75 Å². The number of fused-ring (bicyclic) bond motifs is 2. The number of hydrogen-bond acceptors (Lipinski definition) is 3. The standard InChI is InChI=1S/C27H23N3O2/c1-3-29-18-19(22-8-5-7-11-25(22)29)12-17-26-28-24-10-6-4-9-23(24)27(31)30(26)20-13-15-21(32-2)16-14-20/h4-18H,3H2,1-2H3/b17-12+. The van der Waals surface area contributed by atoms with Crippen LogP contribution in [0.3, 0.4) is 0 Å². The largest absolute Gasteiger partial charge is 0.497 e. The van der Waals surface area contributed by atoms with Crippen molar-refractivity contribution >= 4 is 34.0 Å². The SMILES string of the molecule is CCn1cc(/C=C/c2nc3ccccc3c(=O)n2-c2ccc(OC)cc2)c2ccccc21. The van der Waals surface area contributed by atoms with Gasteiger partial charge in [-0.15, -0.1) is 0 Å². The van der Waals surface area contributed by atoms with Gasteiger partial charge in [0.1, 0.15) is 11.6 Å². The van der Waals surface area contributed by atoms with Gasteiger partial charge < -0.3 is 9.30 Å². The monoisotopic (exact) mass is 421 g/mol. The molecule has 0 aliphatic rings. The summed E-state index contributed by atoms with van der Waals surface area (Å²) in [5, 5.41) is 1.76. The maximum atomic E-state index is 13.4. The number of para-hydroxylation sites is 2. The van der Waals surface area contributed by atoms with Crippen molar-refractivity contribution in [2.75, 3.05) is 7.11 Å². The zero-order chi connectivity index (χ0) is 22.1. The Morgan fingerprint density at radius 1 is 0.906 bits per heavy atom. The van der Waals surface area contributed by atoms with Crippen LogP contribution in [-0.2, 0) is 6.54 Å². The molecule has 0 aliphatic carbocycles. The van der Waals surface area contributed by atoms with Crippen LogP contribution in [0, 0.1) is 0 Å². The Kier molecular flexibility index (Phi) is 5.07. The van der Waals surface area contributed by atoms with Crippen LogP contribution < -0.4 is 10.3 Å². The van der Waals surface area contributed by atoms with Crippen molar-refractivity contribution in [2.24, 2.45) is 0 Å². The van der Waals surface area contributed by atoms with E-state index in [2.05, 4.69) is 29.8 Å². The molecule has 3 aromatic carbocycles. The third-order valence-corrected chi connectivity index (χ3v) is 5.70. The molecular formula is C27H23N3O2. The average molecular weight is 422 g/mol. The minimum atomic E-state index is -0.101. The Hall–Kier alpha value is -4.12. The summed E-state index contributed by atoms with van der Waals surface area (Å²) >= 11 is 0. The van der Waals surface area contributed by atoms with Crippen molar-refractivity contribution < 1.29 is 4.74 Å². The van der Waals surface area contributed by atoms with E-state index in [0.29, 0.717) is 16.7 Å². The van der Waals surface area contributed by atoms with Crippen LogP contribution in [0.2, 0.25) is 0 Å². The molecule has 5 nitrogen and oxygen atoms in total. The van der Waals surface area contributed by atoms with E-state index >= 15 is 0 Å². The van der Waals surface area contributed by atoms with Crippen LogP contribution >= 0.6 is 0 Å². The van der Waals surface area contributed by atoms with Crippen molar-refractivity contribution in [1.29, 1.82) is 0 Å². The lowest BCUT2D eigenvalue weighted by atomic mass is 10.1. The molecule has 0 atom stereocenters. The molecule has 2 aromatic heterocycles. The molecule has 158 valence electrons. The second kappa shape index (κ2) is 8.19. The summed E-state index contributed by atoms with van der Waals surface area (Å²) in [7, 11) is 1.62. The fourth-order valence-electron chi connectivity index (χ4n) is 4.08. The first-order valence-corrected chi connectivity index (χ1v) is 10.6. The number of aryl methyl sites for hydroxylation is 1. The summed E-state index contributed by atoms with van der Waals surface area (Å²) in [6, 6.07) is 23.2. The Morgan fingerprint density at radius 3 is 2.38 bits per heavy atom. The summed E-state index contributed by atoms with van der Waals surface area (Å²) in [6.45, 7) is 3.02. The van der Waals surface area contributed by atoms with Gasteiger partial charge in [-0.3, -0.25) is 9.36 Å². The lowest BCUT2D eigenvalue weighted by molar-refractivity contribution is 0.414. The number of nitrogens with zero attached hydrogens (tertiary/aromatic N) is 3. The Labute approximate surface area is 185 Å². The van der Waals surface area contributed by atoms with E-state index in [1.54, 1.807) is 11.7 Å². The zero-order valence-corrected chi connectivity index (χ0v) is 18.0. The van der Waals surface area contributed by atoms with E-state index in [9.17, 15) is 4.79 Å². The van der Waals surface area contributed by atoms with Gasteiger partial charge in [0.15, 0.2) is 0 Å². The van der Waals surface area contributed by atoms with Gasteiger partial charge in [0.2, 0.25) is 0 Å². The lowest BCUT2D eigenvalue weighted by Crippen LogP contribution is -2.22. The van der Waals surface area contributed by atoms with Crippen molar-refractivity contribution in [2.45, 2.75) is 13.5 Å². The summed E-state index contributed by atoms with van der Waals surface area (Å²) in [5.74, 6) is 1.31. The molecule has 0 saturated carbocycles. The third-order valence-electron chi connectivity index (χ3n) is 5.70. The third kappa shape index (κ3) is 3.38. The van der Waals surface area contributed by atoms with Crippen LogP contribution in [0.15, 0.2) is 83.8 Å². The Bertz CT molecular complexity index is 1510. The minimum Gasteiger partial charge on any atom is -0.497 e.